The number of aromatic nitrogens is 2. The second kappa shape index (κ2) is 6.60. The Morgan fingerprint density at radius 2 is 2.07 bits per heavy atom. The van der Waals surface area contributed by atoms with E-state index in [-0.39, 0.29) is 17.9 Å². The monoisotopic (exact) mass is 372 g/mol. The van der Waals surface area contributed by atoms with E-state index >= 15 is 0 Å². The Labute approximate surface area is 157 Å². The molecule has 2 aliphatic rings. The minimum Gasteiger partial charge on any atom is -0.467 e. The van der Waals surface area contributed by atoms with Gasteiger partial charge in [-0.3, -0.25) is 4.79 Å². The molecule has 1 saturated carbocycles. The smallest absolute Gasteiger partial charge is 0.328 e. The number of aryl methyl sites for hydroxylation is 1. The van der Waals surface area contributed by atoms with Crippen molar-refractivity contribution in [3.63, 3.8) is 0 Å². The van der Waals surface area contributed by atoms with Gasteiger partial charge in [-0.25, -0.2) is 9.78 Å². The number of carbonyl (C=O) groups is 2. The molecule has 3 heterocycles. The molecule has 0 spiro atoms. The van der Waals surface area contributed by atoms with Crippen LogP contribution in [0.5, 0.6) is 0 Å². The van der Waals surface area contributed by atoms with Gasteiger partial charge >= 0.3 is 5.97 Å². The molecule has 1 aliphatic carbocycles. The van der Waals surface area contributed by atoms with Gasteiger partial charge in [0.05, 0.1) is 23.8 Å². The fourth-order valence-electron chi connectivity index (χ4n) is 3.80. The van der Waals surface area contributed by atoms with Gasteiger partial charge in [-0.2, -0.15) is 0 Å². The summed E-state index contributed by atoms with van der Waals surface area (Å²) in [6.45, 7) is 2.27. The largest absolute Gasteiger partial charge is 0.467 e. The lowest BCUT2D eigenvalue weighted by Crippen LogP contribution is -2.41. The fourth-order valence-corrected chi connectivity index (χ4v) is 3.80. The zero-order chi connectivity index (χ0) is 19.3. The van der Waals surface area contributed by atoms with E-state index in [1.807, 2.05) is 25.1 Å². The number of methoxy groups -OCH3 is 1. The molecule has 0 bridgehead atoms. The molecule has 27 heavy (non-hydrogen) atoms. The highest BCUT2D eigenvalue weighted by Crippen LogP contribution is 2.41. The molecule has 144 valence electrons. The van der Waals surface area contributed by atoms with Crippen LogP contribution in [0.25, 0.3) is 11.1 Å². The molecule has 1 saturated heterocycles. The van der Waals surface area contributed by atoms with E-state index in [0.717, 1.165) is 18.5 Å². The lowest BCUT2D eigenvalue weighted by atomic mass is 10.1. The second-order valence-electron chi connectivity index (χ2n) is 7.67. The Kier molecular flexibility index (Phi) is 4.38. The van der Waals surface area contributed by atoms with Gasteiger partial charge in [0, 0.05) is 24.2 Å². The van der Waals surface area contributed by atoms with Crippen LogP contribution >= 0.6 is 0 Å². The summed E-state index contributed by atoms with van der Waals surface area (Å²) in [6, 6.07) is 1.36. The van der Waals surface area contributed by atoms with Gasteiger partial charge in [-0.05, 0) is 46.3 Å². The summed E-state index contributed by atoms with van der Waals surface area (Å²) >= 11 is 0. The summed E-state index contributed by atoms with van der Waals surface area (Å²) in [6.07, 6.45) is 2.69. The van der Waals surface area contributed by atoms with Crippen LogP contribution in [0.3, 0.4) is 0 Å². The first-order valence-electron chi connectivity index (χ1n) is 9.22. The van der Waals surface area contributed by atoms with Crippen molar-refractivity contribution in [2.45, 2.75) is 44.2 Å². The molecular weight excluding hydrogens is 348 g/mol. The first-order valence-corrected chi connectivity index (χ1v) is 9.22. The Balaban J connectivity index is 1.76. The van der Waals surface area contributed by atoms with Crippen LogP contribution < -0.4 is 0 Å². The zero-order valence-corrected chi connectivity index (χ0v) is 16.1. The molecule has 2 atom stereocenters. The number of hydrogen-bond donors (Lipinski definition) is 0. The minimum atomic E-state index is -0.595. The van der Waals surface area contributed by atoms with Gasteiger partial charge in [0.2, 0.25) is 0 Å². The summed E-state index contributed by atoms with van der Waals surface area (Å²) in [5.74, 6) is -0.214. The van der Waals surface area contributed by atoms with E-state index in [1.54, 1.807) is 11.8 Å². The molecule has 8 heteroatoms. The third-order valence-electron chi connectivity index (χ3n) is 5.61. The average Bonchev–Trinajstić information content (AvgIpc) is 3.30. The molecule has 2 aromatic rings. The number of rotatable bonds is 4. The average molecular weight is 372 g/mol. The van der Waals surface area contributed by atoms with Gasteiger partial charge < -0.3 is 19.1 Å². The quantitative estimate of drug-likeness (QED) is 0.755. The van der Waals surface area contributed by atoms with Gasteiger partial charge in [-0.15, -0.1) is 0 Å². The molecule has 2 fully saturated rings. The van der Waals surface area contributed by atoms with E-state index in [9.17, 15) is 9.59 Å². The zero-order valence-electron chi connectivity index (χ0n) is 16.1. The molecule has 1 aliphatic heterocycles. The Morgan fingerprint density at radius 1 is 1.33 bits per heavy atom. The van der Waals surface area contributed by atoms with Gasteiger partial charge in [0.25, 0.3) is 11.6 Å². The van der Waals surface area contributed by atoms with Crippen molar-refractivity contribution in [1.29, 1.82) is 0 Å². The van der Waals surface area contributed by atoms with E-state index in [4.69, 9.17) is 9.26 Å². The first-order chi connectivity index (χ1) is 12.9. The highest BCUT2D eigenvalue weighted by molar-refractivity contribution is 6.07. The number of pyridine rings is 1. The molecule has 0 unspecified atom stereocenters. The maximum Gasteiger partial charge on any atom is 0.328 e. The number of amides is 1. The summed E-state index contributed by atoms with van der Waals surface area (Å²) in [4.78, 5) is 34.0. The number of fused-ring (bicyclic) bond motifs is 1. The topological polar surface area (TPSA) is 88.8 Å². The summed E-state index contributed by atoms with van der Waals surface area (Å²) in [5.41, 5.74) is 2.38. The third-order valence-corrected chi connectivity index (χ3v) is 5.61. The molecule has 0 aromatic carbocycles. The number of likely N-dealkylation sites (N-methyl/N-ethyl adjacent to an activating group) is 1. The van der Waals surface area contributed by atoms with Crippen LogP contribution in [0.15, 0.2) is 10.6 Å². The Morgan fingerprint density at radius 3 is 2.70 bits per heavy atom. The molecule has 2 aromatic heterocycles. The Hall–Kier alpha value is -2.48. The van der Waals surface area contributed by atoms with E-state index in [0.29, 0.717) is 41.2 Å². The summed E-state index contributed by atoms with van der Waals surface area (Å²) in [7, 11) is 5.26. The number of esters is 1. The van der Waals surface area contributed by atoms with Crippen LogP contribution in [-0.4, -0.2) is 71.7 Å². The van der Waals surface area contributed by atoms with Gasteiger partial charge in [-0.1, -0.05) is 5.16 Å². The van der Waals surface area contributed by atoms with Crippen molar-refractivity contribution >= 4 is 23.0 Å². The minimum absolute atomic E-state index is 0.0989. The van der Waals surface area contributed by atoms with Crippen molar-refractivity contribution < 1.29 is 18.8 Å². The highest BCUT2D eigenvalue weighted by Gasteiger charge is 2.42. The van der Waals surface area contributed by atoms with Crippen molar-refractivity contribution in [1.82, 2.24) is 19.9 Å². The molecule has 4 rings (SSSR count). The second-order valence-corrected chi connectivity index (χ2v) is 7.67. The highest BCUT2D eigenvalue weighted by atomic mass is 16.5. The number of likely N-dealkylation sites (tertiary alicyclic amines) is 1. The van der Waals surface area contributed by atoms with Crippen molar-refractivity contribution in [2.24, 2.45) is 0 Å². The molecule has 8 nitrogen and oxygen atoms in total. The SMILES string of the molecule is COC(=O)[C@@H]1C[C@@H](N(C)C)CN1C(=O)c1cc(C2CC2)nc2onc(C)c12. The van der Waals surface area contributed by atoms with Crippen LogP contribution in [-0.2, 0) is 9.53 Å². The number of carbonyl (C=O) groups excluding carboxylic acids is 2. The van der Waals surface area contributed by atoms with E-state index in [2.05, 4.69) is 10.1 Å². The predicted octanol–water partition coefficient (Wildman–Crippen LogP) is 1.73. The van der Waals surface area contributed by atoms with Crippen LogP contribution in [0.2, 0.25) is 0 Å². The van der Waals surface area contributed by atoms with Gasteiger partial charge in [0.15, 0.2) is 0 Å². The normalized spacial score (nSPS) is 22.6. The standard InChI is InChI=1S/C19H24N4O4/c1-10-16-13(8-14(11-5-6-11)20-17(16)27-21-10)18(24)23-9-12(22(2)3)7-15(23)19(25)26-4/h8,11-12,15H,5-7,9H2,1-4H3/t12-,15+/m1/s1. The number of nitrogens with zero attached hydrogens (tertiary/aromatic N) is 4. The lowest BCUT2D eigenvalue weighted by Gasteiger charge is -2.23. The number of hydrogen-bond acceptors (Lipinski definition) is 7. The maximum atomic E-state index is 13.5. The lowest BCUT2D eigenvalue weighted by molar-refractivity contribution is -0.145. The predicted molar refractivity (Wildman–Crippen MR) is 97.4 cm³/mol. The van der Waals surface area contributed by atoms with Crippen LogP contribution in [0, 0.1) is 6.92 Å². The van der Waals surface area contributed by atoms with Crippen LogP contribution in [0.1, 0.15) is 46.9 Å². The van der Waals surface area contributed by atoms with E-state index < -0.39 is 6.04 Å². The molecular formula is C19H24N4O4. The van der Waals surface area contributed by atoms with Crippen LogP contribution in [0.4, 0.5) is 0 Å². The summed E-state index contributed by atoms with van der Waals surface area (Å²) < 4.78 is 10.3. The Bertz CT molecular complexity index is 902. The summed E-state index contributed by atoms with van der Waals surface area (Å²) in [5, 5.41) is 4.62. The van der Waals surface area contributed by atoms with Crippen molar-refractivity contribution in [3.05, 3.63) is 23.0 Å². The first kappa shape index (κ1) is 17.9. The molecule has 1 amide bonds. The third kappa shape index (κ3) is 3.07. The van der Waals surface area contributed by atoms with Crippen molar-refractivity contribution in [3.8, 4) is 0 Å². The van der Waals surface area contributed by atoms with Crippen molar-refractivity contribution in [2.75, 3.05) is 27.7 Å². The molecule has 0 N–H and O–H groups in total. The maximum absolute atomic E-state index is 13.5. The van der Waals surface area contributed by atoms with Gasteiger partial charge in [0.1, 0.15) is 6.04 Å². The fraction of sp³-hybridized carbons (Fsp3) is 0.579. The van der Waals surface area contributed by atoms with E-state index in [1.165, 1.54) is 7.11 Å². The molecule has 0 radical (unpaired) electrons. The number of ether oxygens (including phenoxy) is 1.